The van der Waals surface area contributed by atoms with Crippen LogP contribution in [-0.2, 0) is 25.8 Å². The van der Waals surface area contributed by atoms with Crippen molar-refractivity contribution in [3.63, 3.8) is 0 Å². The lowest BCUT2D eigenvalue weighted by molar-refractivity contribution is -0.141. The smallest absolute Gasteiger partial charge is 0.389 e. The molecule has 2 atom stereocenters. The minimum atomic E-state index is -4.16. The van der Waals surface area contributed by atoms with Gasteiger partial charge in [-0.25, -0.2) is 8.42 Å². The van der Waals surface area contributed by atoms with Gasteiger partial charge in [-0.2, -0.15) is 13.2 Å². The zero-order chi connectivity index (χ0) is 27.1. The highest BCUT2D eigenvalue weighted by Gasteiger charge is 2.51. The predicted molar refractivity (Wildman–Crippen MR) is 136 cm³/mol. The molecule has 0 aliphatic heterocycles. The molecule has 2 aromatic carbocycles. The lowest BCUT2D eigenvalue weighted by Gasteiger charge is -2.33. The number of rotatable bonds is 10. The second-order valence-corrected chi connectivity index (χ2v) is 12.2. The number of benzene rings is 2. The van der Waals surface area contributed by atoms with E-state index in [1.165, 1.54) is 12.1 Å². The van der Waals surface area contributed by atoms with E-state index in [0.717, 1.165) is 36.0 Å². The van der Waals surface area contributed by atoms with Crippen molar-refractivity contribution in [1.82, 2.24) is 0 Å². The van der Waals surface area contributed by atoms with Crippen LogP contribution in [0.15, 0.2) is 53.4 Å². The van der Waals surface area contributed by atoms with E-state index in [4.69, 9.17) is 4.74 Å². The third kappa shape index (κ3) is 7.35. The summed E-state index contributed by atoms with van der Waals surface area (Å²) in [4.78, 5) is 12.4. The molecule has 5 nitrogen and oxygen atoms in total. The molecule has 0 saturated heterocycles. The van der Waals surface area contributed by atoms with Gasteiger partial charge in [-0.1, -0.05) is 55.7 Å². The summed E-state index contributed by atoms with van der Waals surface area (Å²) in [6.07, 6.45) is -0.949. The number of sulfone groups is 1. The maximum Gasteiger partial charge on any atom is 0.389 e. The van der Waals surface area contributed by atoms with E-state index in [1.54, 1.807) is 43.5 Å². The lowest BCUT2D eigenvalue weighted by atomic mass is 9.83. The molecule has 0 amide bonds. The Bertz CT molecular complexity index is 1130. The summed E-state index contributed by atoms with van der Waals surface area (Å²) in [6.45, 7) is 0.563. The fraction of sp³-hybridized carbons (Fsp3) is 0.536. The van der Waals surface area contributed by atoms with Gasteiger partial charge in [-0.3, -0.25) is 4.79 Å². The summed E-state index contributed by atoms with van der Waals surface area (Å²) in [6, 6.07) is 13.3. The summed E-state index contributed by atoms with van der Waals surface area (Å²) in [5.41, 5.74) is 2.33. The highest BCUT2D eigenvalue weighted by Crippen LogP contribution is 2.40. The molecule has 9 heteroatoms. The van der Waals surface area contributed by atoms with Crippen LogP contribution in [-0.4, -0.2) is 44.1 Å². The lowest BCUT2D eigenvalue weighted by Crippen LogP contribution is -2.47. The second-order valence-electron chi connectivity index (χ2n) is 9.92. The zero-order valence-electron chi connectivity index (χ0n) is 21.1. The van der Waals surface area contributed by atoms with E-state index in [0.29, 0.717) is 25.9 Å². The molecule has 0 spiro atoms. The van der Waals surface area contributed by atoms with E-state index in [9.17, 15) is 31.5 Å². The molecular formula is C28H35F3O5S. The molecule has 3 rings (SSSR count). The average molecular weight is 541 g/mol. The van der Waals surface area contributed by atoms with Crippen LogP contribution in [0, 0.1) is 5.92 Å². The highest BCUT2D eigenvalue weighted by atomic mass is 32.2. The summed E-state index contributed by atoms with van der Waals surface area (Å²) in [7, 11) is -2.54. The van der Waals surface area contributed by atoms with Gasteiger partial charge in [0.15, 0.2) is 14.6 Å². The summed E-state index contributed by atoms with van der Waals surface area (Å²) >= 11 is 0. The van der Waals surface area contributed by atoms with Crippen molar-refractivity contribution < 1.29 is 36.2 Å². The monoisotopic (exact) mass is 540 g/mol. The Hall–Kier alpha value is -2.39. The molecule has 1 aliphatic rings. The quantitative estimate of drug-likeness (QED) is 0.357. The van der Waals surface area contributed by atoms with Gasteiger partial charge in [-0.15, -0.1) is 0 Å². The van der Waals surface area contributed by atoms with Gasteiger partial charge >= 0.3 is 12.1 Å². The van der Waals surface area contributed by atoms with Crippen molar-refractivity contribution >= 4 is 15.8 Å². The minimum Gasteiger partial charge on any atom is -0.480 e. The van der Waals surface area contributed by atoms with E-state index in [-0.39, 0.29) is 30.1 Å². The number of ether oxygens (including phenoxy) is 1. The van der Waals surface area contributed by atoms with E-state index in [2.05, 4.69) is 0 Å². The molecule has 2 aromatic rings. The van der Waals surface area contributed by atoms with Crippen LogP contribution < -0.4 is 0 Å². The Kier molecular flexibility index (Phi) is 9.80. The molecule has 0 heterocycles. The number of aryl methyl sites for hydroxylation is 1. The first kappa shape index (κ1) is 29.2. The molecule has 1 aliphatic carbocycles. The number of carboxylic acids is 1. The van der Waals surface area contributed by atoms with Crippen LogP contribution in [0.4, 0.5) is 13.2 Å². The largest absolute Gasteiger partial charge is 0.480 e. The second kappa shape index (κ2) is 12.4. The first-order valence-corrected chi connectivity index (χ1v) is 14.2. The molecule has 0 aromatic heterocycles. The van der Waals surface area contributed by atoms with Crippen molar-refractivity contribution in [2.45, 2.75) is 80.0 Å². The first-order chi connectivity index (χ1) is 17.5. The number of aliphatic carboxylic acids is 1. The van der Waals surface area contributed by atoms with Gasteiger partial charge in [0, 0.05) is 20.1 Å². The van der Waals surface area contributed by atoms with Crippen molar-refractivity contribution in [2.75, 3.05) is 13.7 Å². The van der Waals surface area contributed by atoms with E-state index < -0.39 is 33.2 Å². The number of hydrogen-bond acceptors (Lipinski definition) is 4. The molecule has 1 fully saturated rings. The Morgan fingerprint density at radius 2 is 1.62 bits per heavy atom. The third-order valence-corrected chi connectivity index (χ3v) is 9.92. The van der Waals surface area contributed by atoms with Gasteiger partial charge in [-0.05, 0) is 73.3 Å². The van der Waals surface area contributed by atoms with E-state index in [1.807, 2.05) is 0 Å². The van der Waals surface area contributed by atoms with Gasteiger partial charge in [0.2, 0.25) is 0 Å². The van der Waals surface area contributed by atoms with Crippen molar-refractivity contribution in [1.29, 1.82) is 0 Å². The SMILES string of the molecule is COCCC1CCCCC(C(=O)O)(S(=O)(=O)c2ccc(-c3ccc(CCCC(F)(F)F)cc3)cc2)CC1. The number of methoxy groups -OCH3 is 1. The third-order valence-electron chi connectivity index (χ3n) is 7.41. The molecular weight excluding hydrogens is 505 g/mol. The van der Waals surface area contributed by atoms with Gasteiger partial charge in [0.25, 0.3) is 0 Å². The molecule has 37 heavy (non-hydrogen) atoms. The van der Waals surface area contributed by atoms with Crippen LogP contribution in [0.5, 0.6) is 0 Å². The van der Waals surface area contributed by atoms with Crippen LogP contribution in [0.1, 0.15) is 63.4 Å². The summed E-state index contributed by atoms with van der Waals surface area (Å²) in [5, 5.41) is 10.2. The van der Waals surface area contributed by atoms with Crippen LogP contribution in [0.2, 0.25) is 0 Å². The molecule has 204 valence electrons. The highest BCUT2D eigenvalue weighted by molar-refractivity contribution is 7.93. The Balaban J connectivity index is 1.77. The minimum absolute atomic E-state index is 0.0172. The van der Waals surface area contributed by atoms with Crippen molar-refractivity contribution in [2.24, 2.45) is 5.92 Å². The zero-order valence-corrected chi connectivity index (χ0v) is 21.9. The summed E-state index contributed by atoms with van der Waals surface area (Å²) in [5.74, 6) is -1.07. The number of alkyl halides is 3. The Morgan fingerprint density at radius 3 is 2.19 bits per heavy atom. The van der Waals surface area contributed by atoms with Gasteiger partial charge in [0.1, 0.15) is 0 Å². The number of carbonyl (C=O) groups is 1. The standard InChI is InChI=1S/C28H35F3O5S/c1-36-20-16-22-5-2-3-17-27(19-15-22,26(32)33)37(34,35)25-13-11-24(12-14-25)23-9-7-21(8-10-23)6-4-18-28(29,30)31/h7-14,22H,2-6,15-20H2,1H3,(H,32,33). The number of halogens is 3. The fourth-order valence-electron chi connectivity index (χ4n) is 5.13. The van der Waals surface area contributed by atoms with Crippen molar-refractivity contribution in [3.8, 4) is 11.1 Å². The van der Waals surface area contributed by atoms with E-state index >= 15 is 0 Å². The van der Waals surface area contributed by atoms with Gasteiger partial charge in [0.05, 0.1) is 4.90 Å². The first-order valence-electron chi connectivity index (χ1n) is 12.7. The number of hydrogen-bond donors (Lipinski definition) is 1. The molecule has 1 saturated carbocycles. The molecule has 1 N–H and O–H groups in total. The predicted octanol–water partition coefficient (Wildman–Crippen LogP) is 6.84. The topological polar surface area (TPSA) is 80.7 Å². The maximum absolute atomic E-state index is 13.7. The normalized spacial score (nSPS) is 21.2. The van der Waals surface area contributed by atoms with Crippen LogP contribution in [0.25, 0.3) is 11.1 Å². The van der Waals surface area contributed by atoms with Crippen molar-refractivity contribution in [3.05, 3.63) is 54.1 Å². The fourth-order valence-corrected chi connectivity index (χ4v) is 7.10. The summed E-state index contributed by atoms with van der Waals surface area (Å²) < 4.78 is 67.8. The number of carboxylic acid groups (broad SMARTS) is 1. The molecule has 0 bridgehead atoms. The molecule has 2 unspecified atom stereocenters. The van der Waals surface area contributed by atoms with Crippen LogP contribution >= 0.6 is 0 Å². The van der Waals surface area contributed by atoms with Gasteiger partial charge < -0.3 is 9.84 Å². The molecule has 0 radical (unpaired) electrons. The van der Waals surface area contributed by atoms with Crippen LogP contribution in [0.3, 0.4) is 0 Å². The maximum atomic E-state index is 13.7. The Labute approximate surface area is 217 Å². The average Bonchev–Trinajstić information content (AvgIpc) is 2.83. The Morgan fingerprint density at radius 1 is 1.00 bits per heavy atom.